The van der Waals surface area contributed by atoms with Gasteiger partial charge in [0, 0.05) is 5.88 Å². The molecule has 1 N–H and O–H groups in total. The Hall–Kier alpha value is -0.790. The highest BCUT2D eigenvalue weighted by atomic mass is 35.5. The number of alkyl halides is 1. The van der Waals surface area contributed by atoms with Crippen LogP contribution in [0.4, 0.5) is 0 Å². The maximum Gasteiger partial charge on any atom is 0.0684 e. The van der Waals surface area contributed by atoms with Gasteiger partial charge in [0.15, 0.2) is 0 Å². The van der Waals surface area contributed by atoms with Crippen LogP contribution in [0.25, 0.3) is 6.08 Å². The van der Waals surface area contributed by atoms with E-state index in [-0.39, 0.29) is 6.61 Å². The van der Waals surface area contributed by atoms with E-state index >= 15 is 0 Å². The Balaban J connectivity index is 2.92. The summed E-state index contributed by atoms with van der Waals surface area (Å²) >= 11 is 5.52. The molecule has 0 atom stereocenters. The monoisotopic (exact) mass is 196 g/mol. The smallest absolute Gasteiger partial charge is 0.0684 e. The van der Waals surface area contributed by atoms with E-state index in [4.69, 9.17) is 16.7 Å². The fraction of sp³-hybridized carbons (Fsp3) is 0.273. The molecular formula is C11H13ClO. The summed E-state index contributed by atoms with van der Waals surface area (Å²) in [5.74, 6) is 0.516. The fourth-order valence-corrected chi connectivity index (χ4v) is 1.24. The summed E-state index contributed by atoms with van der Waals surface area (Å²) < 4.78 is 0. The lowest BCUT2D eigenvalue weighted by atomic mass is 10.1. The first-order valence-electron chi connectivity index (χ1n) is 4.21. The maximum atomic E-state index is 9.02. The fourth-order valence-electron chi connectivity index (χ4n) is 1.15. The summed E-state index contributed by atoms with van der Waals surface area (Å²) in [6.45, 7) is 2.08. The van der Waals surface area contributed by atoms with Crippen molar-refractivity contribution in [2.75, 3.05) is 5.88 Å². The van der Waals surface area contributed by atoms with Gasteiger partial charge in [-0.15, -0.1) is 11.6 Å². The summed E-state index contributed by atoms with van der Waals surface area (Å²) in [5, 5.41) is 9.02. The van der Waals surface area contributed by atoms with Gasteiger partial charge in [0.2, 0.25) is 0 Å². The topological polar surface area (TPSA) is 20.2 Å². The molecule has 1 nitrogen and oxygen atoms in total. The van der Waals surface area contributed by atoms with Crippen LogP contribution in [-0.4, -0.2) is 11.0 Å². The Labute approximate surface area is 83.7 Å². The molecular weight excluding hydrogens is 184 g/mol. The predicted molar refractivity (Wildman–Crippen MR) is 56.9 cm³/mol. The van der Waals surface area contributed by atoms with Crippen LogP contribution < -0.4 is 0 Å². The van der Waals surface area contributed by atoms with Crippen molar-refractivity contribution in [1.82, 2.24) is 0 Å². The molecule has 0 amide bonds. The number of rotatable bonds is 3. The molecule has 1 aromatic rings. The lowest BCUT2D eigenvalue weighted by Gasteiger charge is -2.02. The molecule has 0 aliphatic carbocycles. The summed E-state index contributed by atoms with van der Waals surface area (Å²) in [4.78, 5) is 0. The molecule has 0 unspecified atom stereocenters. The molecule has 0 aliphatic heterocycles. The van der Waals surface area contributed by atoms with Crippen LogP contribution >= 0.6 is 11.6 Å². The largest absolute Gasteiger partial charge is 0.392 e. The molecule has 0 heterocycles. The molecule has 0 saturated heterocycles. The molecule has 0 radical (unpaired) electrons. The minimum absolute atomic E-state index is 0.0917. The third-order valence-electron chi connectivity index (χ3n) is 1.94. The number of aliphatic hydroxyl groups is 1. The second-order valence-electron chi connectivity index (χ2n) is 2.90. The average molecular weight is 197 g/mol. The van der Waals surface area contributed by atoms with Crippen LogP contribution in [0.3, 0.4) is 0 Å². The molecule has 1 rings (SSSR count). The number of hydrogen-bond donors (Lipinski definition) is 1. The summed E-state index contributed by atoms with van der Waals surface area (Å²) in [6, 6.07) is 5.98. The van der Waals surface area contributed by atoms with E-state index in [1.54, 1.807) is 0 Å². The molecule has 2 heteroatoms. The van der Waals surface area contributed by atoms with Crippen molar-refractivity contribution in [1.29, 1.82) is 0 Å². The lowest BCUT2D eigenvalue weighted by Crippen LogP contribution is -1.88. The molecule has 0 saturated carbocycles. The van der Waals surface area contributed by atoms with Crippen LogP contribution in [0.2, 0.25) is 0 Å². The van der Waals surface area contributed by atoms with Gasteiger partial charge in [-0.1, -0.05) is 24.3 Å². The standard InChI is InChI=1S/C11H13ClO/c1-9-4-5-10(3-2-6-12)7-11(9)8-13/h2-5,7,13H,6,8H2,1H3. The zero-order chi connectivity index (χ0) is 9.68. The Kier molecular flexibility index (Phi) is 4.00. The highest BCUT2D eigenvalue weighted by molar-refractivity contribution is 6.19. The van der Waals surface area contributed by atoms with Crippen molar-refractivity contribution >= 4 is 17.7 Å². The van der Waals surface area contributed by atoms with E-state index in [1.165, 1.54) is 0 Å². The minimum Gasteiger partial charge on any atom is -0.392 e. The van der Waals surface area contributed by atoms with E-state index < -0.39 is 0 Å². The molecule has 1 aromatic carbocycles. The number of aliphatic hydroxyl groups excluding tert-OH is 1. The van der Waals surface area contributed by atoms with Crippen molar-refractivity contribution in [2.24, 2.45) is 0 Å². The minimum atomic E-state index is 0.0917. The van der Waals surface area contributed by atoms with Gasteiger partial charge in [-0.25, -0.2) is 0 Å². The summed E-state index contributed by atoms with van der Waals surface area (Å²) in [6.07, 6.45) is 3.83. The number of allylic oxidation sites excluding steroid dienone is 1. The van der Waals surface area contributed by atoms with Crippen molar-refractivity contribution in [2.45, 2.75) is 13.5 Å². The molecule has 0 fully saturated rings. The summed E-state index contributed by atoms with van der Waals surface area (Å²) in [7, 11) is 0. The van der Waals surface area contributed by atoms with Crippen LogP contribution in [0.1, 0.15) is 16.7 Å². The highest BCUT2D eigenvalue weighted by Gasteiger charge is 1.96. The van der Waals surface area contributed by atoms with E-state index in [1.807, 2.05) is 37.3 Å². The number of benzene rings is 1. The maximum absolute atomic E-state index is 9.02. The normalized spacial score (nSPS) is 11.0. The third-order valence-corrected chi connectivity index (χ3v) is 2.12. The van der Waals surface area contributed by atoms with Crippen LogP contribution in [0, 0.1) is 6.92 Å². The van der Waals surface area contributed by atoms with Gasteiger partial charge in [0.25, 0.3) is 0 Å². The second-order valence-corrected chi connectivity index (χ2v) is 3.21. The van der Waals surface area contributed by atoms with Crippen LogP contribution in [0.5, 0.6) is 0 Å². The predicted octanol–water partition coefficient (Wildman–Crippen LogP) is 2.74. The Morgan fingerprint density at radius 1 is 1.46 bits per heavy atom. The van der Waals surface area contributed by atoms with Crippen molar-refractivity contribution in [3.8, 4) is 0 Å². The van der Waals surface area contributed by atoms with Gasteiger partial charge in [-0.05, 0) is 29.7 Å². The van der Waals surface area contributed by atoms with Crippen molar-refractivity contribution in [3.05, 3.63) is 41.0 Å². The van der Waals surface area contributed by atoms with Crippen LogP contribution in [-0.2, 0) is 6.61 Å². The van der Waals surface area contributed by atoms with E-state index in [2.05, 4.69) is 0 Å². The Morgan fingerprint density at radius 2 is 2.23 bits per heavy atom. The van der Waals surface area contributed by atoms with Gasteiger partial charge < -0.3 is 5.11 Å². The van der Waals surface area contributed by atoms with Crippen molar-refractivity contribution < 1.29 is 5.11 Å². The Morgan fingerprint density at radius 3 is 2.85 bits per heavy atom. The van der Waals surface area contributed by atoms with E-state index in [9.17, 15) is 0 Å². The van der Waals surface area contributed by atoms with Gasteiger partial charge in [-0.2, -0.15) is 0 Å². The number of hydrogen-bond acceptors (Lipinski definition) is 1. The van der Waals surface area contributed by atoms with E-state index in [0.717, 1.165) is 16.7 Å². The first-order chi connectivity index (χ1) is 6.27. The van der Waals surface area contributed by atoms with Crippen molar-refractivity contribution in [3.63, 3.8) is 0 Å². The molecule has 0 spiro atoms. The first kappa shape index (κ1) is 10.3. The zero-order valence-corrected chi connectivity index (χ0v) is 8.38. The average Bonchev–Trinajstić information content (AvgIpc) is 2.16. The molecule has 0 aliphatic rings. The first-order valence-corrected chi connectivity index (χ1v) is 4.74. The quantitative estimate of drug-likeness (QED) is 0.738. The summed E-state index contributed by atoms with van der Waals surface area (Å²) in [5.41, 5.74) is 3.16. The second kappa shape index (κ2) is 5.05. The van der Waals surface area contributed by atoms with E-state index in [0.29, 0.717) is 5.88 Å². The Bertz CT molecular complexity index is 305. The SMILES string of the molecule is Cc1ccc(C=CCCl)cc1CO. The van der Waals surface area contributed by atoms with Gasteiger partial charge in [-0.3, -0.25) is 0 Å². The number of aryl methyl sites for hydroxylation is 1. The molecule has 0 bridgehead atoms. The highest BCUT2D eigenvalue weighted by Crippen LogP contribution is 2.12. The molecule has 70 valence electrons. The van der Waals surface area contributed by atoms with Gasteiger partial charge >= 0.3 is 0 Å². The lowest BCUT2D eigenvalue weighted by molar-refractivity contribution is 0.281. The third kappa shape index (κ3) is 2.87. The molecule has 0 aromatic heterocycles. The molecule has 13 heavy (non-hydrogen) atoms. The number of halogens is 1. The zero-order valence-electron chi connectivity index (χ0n) is 7.63. The van der Waals surface area contributed by atoms with Gasteiger partial charge in [0.1, 0.15) is 0 Å². The van der Waals surface area contributed by atoms with Crippen LogP contribution in [0.15, 0.2) is 24.3 Å². The van der Waals surface area contributed by atoms with Gasteiger partial charge in [0.05, 0.1) is 6.61 Å².